The molecule has 7 heteroatoms. The van der Waals surface area contributed by atoms with Gasteiger partial charge in [0, 0.05) is 12.1 Å². The molecule has 0 fully saturated rings. The van der Waals surface area contributed by atoms with Crippen molar-refractivity contribution >= 4 is 6.09 Å². The van der Waals surface area contributed by atoms with E-state index in [1.54, 1.807) is 0 Å². The molecule has 0 saturated heterocycles. The second-order valence-corrected chi connectivity index (χ2v) is 5.80. The summed E-state index contributed by atoms with van der Waals surface area (Å²) < 4.78 is 18.8. The minimum atomic E-state index is -1.47. The number of alkyl carbamates (subject to hydrolysis) is 1. The van der Waals surface area contributed by atoms with Crippen LogP contribution in [-0.2, 0) is 18.0 Å². The molecule has 1 amide bonds. The van der Waals surface area contributed by atoms with Crippen molar-refractivity contribution in [3.8, 4) is 0 Å². The molecule has 2 unspecified atom stereocenters. The van der Waals surface area contributed by atoms with Gasteiger partial charge in [0.05, 0.1) is 12.7 Å². The maximum absolute atomic E-state index is 13.8. The number of aliphatic hydroxyl groups excluding tert-OH is 3. The average Bonchev–Trinajstić information content (AvgIpc) is 2.67. The highest BCUT2D eigenvalue weighted by molar-refractivity contribution is 5.67. The lowest BCUT2D eigenvalue weighted by Gasteiger charge is -2.19. The normalized spacial score (nSPS) is 13.1. The van der Waals surface area contributed by atoms with E-state index < -0.39 is 24.1 Å². The first kappa shape index (κ1) is 19.8. The molecular formula is C19H22FNO5. The predicted octanol–water partition coefficient (Wildman–Crippen LogP) is 2.03. The molecule has 26 heavy (non-hydrogen) atoms. The summed E-state index contributed by atoms with van der Waals surface area (Å²) in [6, 6.07) is 13.0. The Morgan fingerprint density at radius 1 is 1.12 bits per heavy atom. The van der Waals surface area contributed by atoms with E-state index in [2.05, 4.69) is 5.32 Å². The topological polar surface area (TPSA) is 99.0 Å². The van der Waals surface area contributed by atoms with Crippen LogP contribution in [0.25, 0.3) is 0 Å². The fourth-order valence-corrected chi connectivity index (χ4v) is 2.38. The fourth-order valence-electron chi connectivity index (χ4n) is 2.38. The molecule has 0 aromatic heterocycles. The van der Waals surface area contributed by atoms with Gasteiger partial charge in [-0.25, -0.2) is 9.18 Å². The summed E-state index contributed by atoms with van der Waals surface area (Å²) in [5, 5.41) is 31.6. The Balaban J connectivity index is 1.77. The largest absolute Gasteiger partial charge is 0.445 e. The minimum absolute atomic E-state index is 0.00436. The second-order valence-electron chi connectivity index (χ2n) is 5.80. The third-order valence-corrected chi connectivity index (χ3v) is 3.85. The van der Waals surface area contributed by atoms with Crippen LogP contribution in [0, 0.1) is 5.82 Å². The van der Waals surface area contributed by atoms with Gasteiger partial charge < -0.3 is 25.4 Å². The van der Waals surface area contributed by atoms with Gasteiger partial charge in [-0.15, -0.1) is 0 Å². The van der Waals surface area contributed by atoms with Crippen LogP contribution in [0.5, 0.6) is 0 Å². The van der Waals surface area contributed by atoms with E-state index >= 15 is 0 Å². The first-order valence-corrected chi connectivity index (χ1v) is 8.21. The third-order valence-electron chi connectivity index (χ3n) is 3.85. The molecule has 2 aromatic carbocycles. The molecular weight excluding hydrogens is 341 g/mol. The van der Waals surface area contributed by atoms with Gasteiger partial charge in [0.2, 0.25) is 0 Å². The summed E-state index contributed by atoms with van der Waals surface area (Å²) in [6.07, 6.45) is -3.40. The minimum Gasteiger partial charge on any atom is -0.445 e. The number of carbonyl (C=O) groups excluding carboxylic acids is 1. The lowest BCUT2D eigenvalue weighted by molar-refractivity contribution is 0.0115. The number of nitrogens with one attached hydrogen (secondary N) is 1. The lowest BCUT2D eigenvalue weighted by Crippen LogP contribution is -2.30. The molecule has 2 atom stereocenters. The first-order valence-electron chi connectivity index (χ1n) is 8.21. The van der Waals surface area contributed by atoms with Gasteiger partial charge in [0.1, 0.15) is 18.5 Å². The van der Waals surface area contributed by atoms with Gasteiger partial charge in [0.25, 0.3) is 0 Å². The van der Waals surface area contributed by atoms with Gasteiger partial charge in [-0.3, -0.25) is 0 Å². The van der Waals surface area contributed by atoms with Crippen molar-refractivity contribution in [1.82, 2.24) is 5.32 Å². The van der Waals surface area contributed by atoms with Crippen molar-refractivity contribution in [2.75, 3.05) is 6.54 Å². The quantitative estimate of drug-likeness (QED) is 0.575. The average molecular weight is 363 g/mol. The Morgan fingerprint density at radius 2 is 1.85 bits per heavy atom. The highest BCUT2D eigenvalue weighted by Crippen LogP contribution is 2.23. The number of carbonyl (C=O) groups is 1. The van der Waals surface area contributed by atoms with Crippen LogP contribution in [0.3, 0.4) is 0 Å². The van der Waals surface area contributed by atoms with Crippen LogP contribution >= 0.6 is 0 Å². The van der Waals surface area contributed by atoms with Crippen LogP contribution in [0.2, 0.25) is 0 Å². The van der Waals surface area contributed by atoms with Crippen molar-refractivity contribution in [3.05, 3.63) is 71.0 Å². The molecule has 4 N–H and O–H groups in total. The molecule has 2 rings (SSSR count). The molecule has 0 aliphatic carbocycles. The monoisotopic (exact) mass is 363 g/mol. The van der Waals surface area contributed by atoms with Gasteiger partial charge >= 0.3 is 6.09 Å². The number of amides is 1. The van der Waals surface area contributed by atoms with E-state index in [-0.39, 0.29) is 31.7 Å². The highest BCUT2D eigenvalue weighted by atomic mass is 19.1. The number of benzene rings is 2. The van der Waals surface area contributed by atoms with Crippen LogP contribution in [0.4, 0.5) is 9.18 Å². The molecule has 140 valence electrons. The summed E-state index contributed by atoms with van der Waals surface area (Å²) in [6.45, 7) is -0.130. The molecule has 0 heterocycles. The molecule has 0 aliphatic heterocycles. The van der Waals surface area contributed by atoms with Gasteiger partial charge in [0.15, 0.2) is 0 Å². The maximum atomic E-state index is 13.8. The third kappa shape index (κ3) is 5.80. The smallest absolute Gasteiger partial charge is 0.407 e. The predicted molar refractivity (Wildman–Crippen MR) is 92.5 cm³/mol. The van der Waals surface area contributed by atoms with Gasteiger partial charge in [-0.1, -0.05) is 36.4 Å². The Bertz CT molecular complexity index is 710. The molecule has 0 saturated carbocycles. The number of aliphatic hydroxyl groups is 3. The van der Waals surface area contributed by atoms with E-state index in [0.29, 0.717) is 5.56 Å². The summed E-state index contributed by atoms with van der Waals surface area (Å²) in [4.78, 5) is 11.6. The first-order chi connectivity index (χ1) is 12.5. The van der Waals surface area contributed by atoms with Crippen LogP contribution < -0.4 is 5.32 Å². The zero-order valence-corrected chi connectivity index (χ0v) is 14.1. The zero-order chi connectivity index (χ0) is 18.9. The molecule has 0 aliphatic rings. The number of rotatable bonds is 8. The van der Waals surface area contributed by atoms with E-state index in [1.807, 2.05) is 30.3 Å². The van der Waals surface area contributed by atoms with Crippen molar-refractivity contribution in [2.24, 2.45) is 0 Å². The van der Waals surface area contributed by atoms with Crippen molar-refractivity contribution in [2.45, 2.75) is 31.8 Å². The molecule has 0 radical (unpaired) electrons. The summed E-state index contributed by atoms with van der Waals surface area (Å²) in [5.41, 5.74) is 1.17. The van der Waals surface area contributed by atoms with Crippen molar-refractivity contribution in [3.63, 3.8) is 0 Å². The van der Waals surface area contributed by atoms with Crippen LogP contribution in [0.1, 0.15) is 29.2 Å². The van der Waals surface area contributed by atoms with E-state index in [1.165, 1.54) is 12.1 Å². The number of hydrogen-bond donors (Lipinski definition) is 4. The number of halogens is 1. The van der Waals surface area contributed by atoms with Crippen LogP contribution in [-0.4, -0.2) is 34.1 Å². The number of ether oxygens (including phenoxy) is 1. The molecule has 6 nitrogen and oxygen atoms in total. The van der Waals surface area contributed by atoms with Crippen molar-refractivity contribution in [1.29, 1.82) is 0 Å². The van der Waals surface area contributed by atoms with Crippen molar-refractivity contribution < 1.29 is 29.2 Å². The fraction of sp³-hybridized carbons (Fsp3) is 0.316. The molecule has 0 spiro atoms. The molecule has 0 bridgehead atoms. The Labute approximate surface area is 150 Å². The van der Waals surface area contributed by atoms with E-state index in [9.17, 15) is 19.4 Å². The zero-order valence-electron chi connectivity index (χ0n) is 14.1. The van der Waals surface area contributed by atoms with Gasteiger partial charge in [-0.2, -0.15) is 0 Å². The summed E-state index contributed by atoms with van der Waals surface area (Å²) >= 11 is 0. The lowest BCUT2D eigenvalue weighted by atomic mass is 9.99. The second kappa shape index (κ2) is 9.86. The summed E-state index contributed by atoms with van der Waals surface area (Å²) in [5.74, 6) is -0.677. The Morgan fingerprint density at radius 3 is 2.54 bits per heavy atom. The highest BCUT2D eigenvalue weighted by Gasteiger charge is 2.22. The molecule has 2 aromatic rings. The number of hydrogen-bond acceptors (Lipinski definition) is 5. The standard InChI is InChI=1S/C19H22FNO5/c20-16-7-6-14(11-22)10-15(16)18(24)17(23)8-9-21-19(25)26-12-13-4-2-1-3-5-13/h1-7,10,17-18,22-24H,8-9,11-12H2,(H,21,25). The van der Waals surface area contributed by atoms with Crippen LogP contribution in [0.15, 0.2) is 48.5 Å². The summed E-state index contributed by atoms with van der Waals surface area (Å²) in [7, 11) is 0. The maximum Gasteiger partial charge on any atom is 0.407 e. The Hall–Kier alpha value is -2.48. The Kier molecular flexibility index (Phi) is 7.53. The van der Waals surface area contributed by atoms with E-state index in [0.717, 1.165) is 11.6 Å². The van der Waals surface area contributed by atoms with Gasteiger partial charge in [-0.05, 0) is 29.7 Å². The SMILES string of the molecule is O=C(NCCC(O)C(O)c1cc(CO)ccc1F)OCc1ccccc1. The van der Waals surface area contributed by atoms with E-state index in [4.69, 9.17) is 9.84 Å².